The van der Waals surface area contributed by atoms with Crippen molar-refractivity contribution >= 4 is 10.0 Å². The Hall–Kier alpha value is -1.59. The second-order valence-electron chi connectivity index (χ2n) is 7.87. The summed E-state index contributed by atoms with van der Waals surface area (Å²) in [5.74, 6) is 1.22. The largest absolute Gasteiger partial charge is 0.469 e. The van der Waals surface area contributed by atoms with E-state index in [0.717, 1.165) is 17.7 Å². The van der Waals surface area contributed by atoms with Gasteiger partial charge in [0.15, 0.2) is 0 Å². The summed E-state index contributed by atoms with van der Waals surface area (Å²) in [6.45, 7) is 7.63. The SMILES string of the molecule is CC(C)(C)c1ccc(CCS(=O)(=O)N2CCC(c3ccco3)C2)cc1. The van der Waals surface area contributed by atoms with E-state index in [4.69, 9.17) is 4.42 Å². The summed E-state index contributed by atoms with van der Waals surface area (Å²) in [6, 6.07) is 12.1. The predicted molar refractivity (Wildman–Crippen MR) is 100 cm³/mol. The lowest BCUT2D eigenvalue weighted by atomic mass is 9.86. The van der Waals surface area contributed by atoms with Crippen molar-refractivity contribution < 1.29 is 12.8 Å². The van der Waals surface area contributed by atoms with Crippen LogP contribution in [0, 0.1) is 0 Å². The van der Waals surface area contributed by atoms with Crippen molar-refractivity contribution in [1.82, 2.24) is 4.31 Å². The fraction of sp³-hybridized carbons (Fsp3) is 0.500. The lowest BCUT2D eigenvalue weighted by Crippen LogP contribution is -2.31. The van der Waals surface area contributed by atoms with E-state index in [-0.39, 0.29) is 17.1 Å². The van der Waals surface area contributed by atoms with Crippen LogP contribution in [0.15, 0.2) is 47.1 Å². The second-order valence-corrected chi connectivity index (χ2v) is 9.96. The van der Waals surface area contributed by atoms with E-state index >= 15 is 0 Å². The highest BCUT2D eigenvalue weighted by Gasteiger charge is 2.33. The van der Waals surface area contributed by atoms with E-state index in [1.165, 1.54) is 5.56 Å². The lowest BCUT2D eigenvalue weighted by molar-refractivity contribution is 0.445. The minimum Gasteiger partial charge on any atom is -0.469 e. The third kappa shape index (κ3) is 4.33. The number of hydrogen-bond donors (Lipinski definition) is 0. The normalized spacial score (nSPS) is 19.4. The third-order valence-electron chi connectivity index (χ3n) is 4.96. The molecule has 1 fully saturated rings. The molecule has 0 spiro atoms. The Labute approximate surface area is 150 Å². The van der Waals surface area contributed by atoms with Crippen molar-refractivity contribution in [2.24, 2.45) is 0 Å². The van der Waals surface area contributed by atoms with Gasteiger partial charge in [-0.05, 0) is 41.5 Å². The maximum Gasteiger partial charge on any atom is 0.214 e. The number of nitrogens with zero attached hydrogens (tertiary/aromatic N) is 1. The van der Waals surface area contributed by atoms with E-state index in [1.807, 2.05) is 24.3 Å². The predicted octanol–water partition coefficient (Wildman–Crippen LogP) is 3.94. The molecule has 4 nitrogen and oxygen atoms in total. The first kappa shape index (κ1) is 18.2. The molecule has 1 aliphatic rings. The minimum absolute atomic E-state index is 0.112. The Bertz CT molecular complexity index is 786. The van der Waals surface area contributed by atoms with Crippen LogP contribution in [-0.4, -0.2) is 31.6 Å². The summed E-state index contributed by atoms with van der Waals surface area (Å²) >= 11 is 0. The smallest absolute Gasteiger partial charge is 0.214 e. The summed E-state index contributed by atoms with van der Waals surface area (Å²) in [7, 11) is -3.23. The Morgan fingerprint density at radius 2 is 1.88 bits per heavy atom. The highest BCUT2D eigenvalue weighted by Crippen LogP contribution is 2.29. The van der Waals surface area contributed by atoms with Gasteiger partial charge in [-0.1, -0.05) is 45.0 Å². The highest BCUT2D eigenvalue weighted by atomic mass is 32.2. The van der Waals surface area contributed by atoms with Crippen LogP contribution in [-0.2, 0) is 21.9 Å². The van der Waals surface area contributed by atoms with Crippen LogP contribution < -0.4 is 0 Å². The Kier molecular flexibility index (Phi) is 5.07. The van der Waals surface area contributed by atoms with E-state index in [2.05, 4.69) is 32.9 Å². The zero-order chi connectivity index (χ0) is 18.1. The molecule has 1 aromatic carbocycles. The first-order valence-electron chi connectivity index (χ1n) is 8.86. The molecule has 0 amide bonds. The van der Waals surface area contributed by atoms with Gasteiger partial charge in [-0.2, -0.15) is 0 Å². The molecule has 5 heteroatoms. The molecular weight excluding hydrogens is 334 g/mol. The number of sulfonamides is 1. The molecule has 0 saturated carbocycles. The summed E-state index contributed by atoms with van der Waals surface area (Å²) in [5.41, 5.74) is 2.44. The van der Waals surface area contributed by atoms with Crippen molar-refractivity contribution in [2.75, 3.05) is 18.8 Å². The van der Waals surface area contributed by atoms with Crippen molar-refractivity contribution in [1.29, 1.82) is 0 Å². The first-order valence-corrected chi connectivity index (χ1v) is 10.5. The first-order chi connectivity index (χ1) is 11.8. The zero-order valence-corrected chi connectivity index (χ0v) is 16.1. The summed E-state index contributed by atoms with van der Waals surface area (Å²) < 4.78 is 32.3. The number of hydrogen-bond acceptors (Lipinski definition) is 3. The number of furan rings is 1. The van der Waals surface area contributed by atoms with Crippen LogP contribution >= 0.6 is 0 Å². The molecule has 136 valence electrons. The lowest BCUT2D eigenvalue weighted by Gasteiger charge is -2.19. The van der Waals surface area contributed by atoms with Gasteiger partial charge in [0, 0.05) is 19.0 Å². The molecule has 1 aliphatic heterocycles. The van der Waals surface area contributed by atoms with Crippen LogP contribution in [0.3, 0.4) is 0 Å². The molecular formula is C20H27NO3S. The summed E-state index contributed by atoms with van der Waals surface area (Å²) in [4.78, 5) is 0. The molecule has 2 heterocycles. The van der Waals surface area contributed by atoms with Gasteiger partial charge in [0.05, 0.1) is 12.0 Å². The Balaban J connectivity index is 1.59. The van der Waals surface area contributed by atoms with Gasteiger partial charge in [0.2, 0.25) is 10.0 Å². The molecule has 1 saturated heterocycles. The maximum absolute atomic E-state index is 12.6. The third-order valence-corrected chi connectivity index (χ3v) is 6.80. The van der Waals surface area contributed by atoms with Crippen LogP contribution in [0.2, 0.25) is 0 Å². The van der Waals surface area contributed by atoms with Gasteiger partial charge in [-0.3, -0.25) is 0 Å². The summed E-state index contributed by atoms with van der Waals surface area (Å²) in [5, 5.41) is 0. The van der Waals surface area contributed by atoms with Crippen molar-refractivity contribution in [3.05, 3.63) is 59.5 Å². The maximum atomic E-state index is 12.6. The van der Waals surface area contributed by atoms with Gasteiger partial charge in [0.25, 0.3) is 0 Å². The molecule has 2 aromatic rings. The Morgan fingerprint density at radius 3 is 2.48 bits per heavy atom. The van der Waals surface area contributed by atoms with E-state index < -0.39 is 10.0 Å². The van der Waals surface area contributed by atoms with Crippen molar-refractivity contribution in [3.8, 4) is 0 Å². The molecule has 0 aliphatic carbocycles. The topological polar surface area (TPSA) is 50.5 Å². The standard InChI is InChI=1S/C20H27NO3S/c1-20(2,3)18-8-6-16(7-9-18)11-14-25(22,23)21-12-10-17(15-21)19-5-4-13-24-19/h4-9,13,17H,10-12,14-15H2,1-3H3. The fourth-order valence-electron chi connectivity index (χ4n) is 3.28. The van der Waals surface area contributed by atoms with Gasteiger partial charge in [0.1, 0.15) is 5.76 Å². The van der Waals surface area contributed by atoms with Crippen LogP contribution in [0.1, 0.15) is 50.0 Å². The number of rotatable bonds is 5. The number of aryl methyl sites for hydroxylation is 1. The molecule has 1 aromatic heterocycles. The van der Waals surface area contributed by atoms with Gasteiger partial charge in [-0.15, -0.1) is 0 Å². The van der Waals surface area contributed by atoms with Crippen LogP contribution in [0.4, 0.5) is 0 Å². The average molecular weight is 362 g/mol. The molecule has 0 bridgehead atoms. The van der Waals surface area contributed by atoms with Gasteiger partial charge < -0.3 is 4.42 Å². The van der Waals surface area contributed by atoms with Gasteiger partial charge in [-0.25, -0.2) is 12.7 Å². The van der Waals surface area contributed by atoms with Crippen molar-refractivity contribution in [3.63, 3.8) is 0 Å². The minimum atomic E-state index is -3.23. The molecule has 0 radical (unpaired) electrons. The molecule has 25 heavy (non-hydrogen) atoms. The molecule has 1 atom stereocenters. The molecule has 3 rings (SSSR count). The van der Waals surface area contributed by atoms with E-state index in [9.17, 15) is 8.42 Å². The van der Waals surface area contributed by atoms with Gasteiger partial charge >= 0.3 is 0 Å². The monoisotopic (exact) mass is 361 g/mol. The number of benzene rings is 1. The Morgan fingerprint density at radius 1 is 1.16 bits per heavy atom. The van der Waals surface area contributed by atoms with Crippen molar-refractivity contribution in [2.45, 2.75) is 44.9 Å². The molecule has 1 unspecified atom stereocenters. The average Bonchev–Trinajstić information content (AvgIpc) is 3.23. The van der Waals surface area contributed by atoms with E-state index in [1.54, 1.807) is 10.6 Å². The second kappa shape index (κ2) is 6.96. The zero-order valence-electron chi connectivity index (χ0n) is 15.2. The van der Waals surface area contributed by atoms with Crippen LogP contribution in [0.5, 0.6) is 0 Å². The van der Waals surface area contributed by atoms with E-state index in [0.29, 0.717) is 19.5 Å². The highest BCUT2D eigenvalue weighted by molar-refractivity contribution is 7.89. The van der Waals surface area contributed by atoms with Crippen LogP contribution in [0.25, 0.3) is 0 Å². The quantitative estimate of drug-likeness (QED) is 0.810. The molecule has 0 N–H and O–H groups in total. The fourth-order valence-corrected chi connectivity index (χ4v) is 4.83. The summed E-state index contributed by atoms with van der Waals surface area (Å²) in [6.07, 6.45) is 3.02.